The number of rotatable bonds is 8. The van der Waals surface area contributed by atoms with E-state index in [0.29, 0.717) is 62.4 Å². The third kappa shape index (κ3) is 9.71. The van der Waals surface area contributed by atoms with Crippen LogP contribution in [0.15, 0.2) is 105 Å². The van der Waals surface area contributed by atoms with Gasteiger partial charge in [0.1, 0.15) is 11.6 Å². The third-order valence-corrected chi connectivity index (χ3v) is 15.6. The van der Waals surface area contributed by atoms with Crippen molar-refractivity contribution in [3.63, 3.8) is 0 Å². The van der Waals surface area contributed by atoms with Crippen molar-refractivity contribution >= 4 is 76.2 Å². The van der Waals surface area contributed by atoms with Crippen LogP contribution in [0.1, 0.15) is 11.1 Å². The van der Waals surface area contributed by atoms with Gasteiger partial charge in [-0.2, -0.15) is 8.61 Å². The van der Waals surface area contributed by atoms with Crippen LogP contribution < -0.4 is 9.80 Å². The minimum atomic E-state index is -3.64. The normalized spacial score (nSPS) is 15.6. The Bertz CT molecular complexity index is 2390. The third-order valence-electron chi connectivity index (χ3n) is 9.58. The van der Waals surface area contributed by atoms with Crippen molar-refractivity contribution in [1.82, 2.24) is 18.6 Å². The Labute approximate surface area is 355 Å². The van der Waals surface area contributed by atoms with E-state index in [4.69, 9.17) is 28.2 Å². The van der Waals surface area contributed by atoms with Gasteiger partial charge in [0.15, 0.2) is 10.3 Å². The van der Waals surface area contributed by atoms with E-state index in [9.17, 15) is 25.6 Å². The molecule has 0 atom stereocenters. The number of piperazine rings is 2. The average molecular weight is 904 g/mol. The zero-order valence-electron chi connectivity index (χ0n) is 31.4. The smallest absolute Gasteiger partial charge is 0.243 e. The topological polar surface area (TPSA) is 107 Å². The molecule has 0 unspecified atom stereocenters. The molecule has 304 valence electrons. The summed E-state index contributed by atoms with van der Waals surface area (Å²) in [6.45, 7) is 7.73. The maximum atomic E-state index is 13.1. The van der Waals surface area contributed by atoms with Gasteiger partial charge >= 0.3 is 0 Å². The molecule has 4 aromatic carbocycles. The lowest BCUT2D eigenvalue weighted by Crippen LogP contribution is -2.48. The van der Waals surface area contributed by atoms with Crippen LogP contribution >= 0.6 is 45.9 Å². The molecule has 0 aliphatic carbocycles. The minimum absolute atomic E-state index is 0.0988. The molecule has 6 aromatic rings. The molecule has 0 bridgehead atoms. The highest BCUT2D eigenvalue weighted by molar-refractivity contribution is 7.89. The highest BCUT2D eigenvalue weighted by Gasteiger charge is 2.31. The van der Waals surface area contributed by atoms with Gasteiger partial charge < -0.3 is 9.80 Å². The molecule has 2 aromatic heterocycles. The number of hydrogen-bond donors (Lipinski definition) is 0. The SMILES string of the molecule is Cc1cc(C)cc(-c2csc(N3CCN(S(=O)(=O)c4ccc(F)cc4)CC3)n2)c1.O=S(=O)(c1ccc(F)cc1)N1CCN(c2nc(-c3cc(Cl)cc(Cl)c3)cs2)CC1. The predicted molar refractivity (Wildman–Crippen MR) is 229 cm³/mol. The molecule has 0 N–H and O–H groups in total. The standard InChI is InChI=1S/C21H22FN3O2S2.C19H16Cl2FN3O2S2/c1-15-11-16(2)13-17(12-15)20-14-28-21(23-20)24-7-9-25(10-8-24)29(26,27)19-5-3-18(22)4-6-19;20-14-9-13(10-15(21)11-14)18-12-28-19(23-18)24-5-7-25(8-6-24)29(26,27)17-3-1-16(22)2-4-17/h3-6,11-14H,7-10H2,1-2H3;1-4,9-12H,5-8H2. The molecule has 10 nitrogen and oxygen atoms in total. The largest absolute Gasteiger partial charge is 0.345 e. The Kier molecular flexibility index (Phi) is 12.9. The Morgan fingerprint density at radius 1 is 0.534 bits per heavy atom. The van der Waals surface area contributed by atoms with Crippen LogP contribution in [0.5, 0.6) is 0 Å². The van der Waals surface area contributed by atoms with Crippen LogP contribution in [-0.2, 0) is 20.0 Å². The molecule has 2 saturated heterocycles. The second-order valence-corrected chi connectivity index (χ2v) is 20.2. The quantitative estimate of drug-likeness (QED) is 0.149. The first-order valence-corrected chi connectivity index (χ1v) is 23.5. The molecular weight excluding hydrogens is 866 g/mol. The summed E-state index contributed by atoms with van der Waals surface area (Å²) in [5.41, 5.74) is 6.06. The van der Waals surface area contributed by atoms with Crippen LogP contribution in [0.4, 0.5) is 19.0 Å². The second kappa shape index (κ2) is 17.7. The summed E-state index contributed by atoms with van der Waals surface area (Å²) in [7, 11) is -7.25. The lowest BCUT2D eigenvalue weighted by Gasteiger charge is -2.33. The van der Waals surface area contributed by atoms with Crippen LogP contribution in [0.3, 0.4) is 0 Å². The number of thiazole rings is 2. The monoisotopic (exact) mass is 902 g/mol. The van der Waals surface area contributed by atoms with Crippen molar-refractivity contribution in [3.8, 4) is 22.5 Å². The summed E-state index contributed by atoms with van der Waals surface area (Å²) >= 11 is 15.2. The minimum Gasteiger partial charge on any atom is -0.345 e. The Morgan fingerprint density at radius 3 is 1.28 bits per heavy atom. The average Bonchev–Trinajstić information content (AvgIpc) is 3.90. The molecule has 0 radical (unpaired) electrons. The number of halogens is 4. The van der Waals surface area contributed by atoms with Crippen LogP contribution in [-0.4, -0.2) is 87.8 Å². The van der Waals surface area contributed by atoms with Gasteiger partial charge in [-0.15, -0.1) is 22.7 Å². The van der Waals surface area contributed by atoms with Crippen molar-refractivity contribution in [1.29, 1.82) is 0 Å². The van der Waals surface area contributed by atoms with Gasteiger partial charge in [-0.1, -0.05) is 40.4 Å². The summed E-state index contributed by atoms with van der Waals surface area (Å²) in [5.74, 6) is -0.911. The number of benzene rings is 4. The van der Waals surface area contributed by atoms with Gasteiger partial charge in [0.05, 0.1) is 21.2 Å². The van der Waals surface area contributed by atoms with Gasteiger partial charge in [0.25, 0.3) is 0 Å². The van der Waals surface area contributed by atoms with E-state index >= 15 is 0 Å². The first-order valence-electron chi connectivity index (χ1n) is 18.1. The molecular formula is C40H38Cl2F2N6O4S4. The first kappa shape index (κ1) is 42.1. The fourth-order valence-corrected chi connectivity index (χ4v) is 11.8. The van der Waals surface area contributed by atoms with Crippen LogP contribution in [0.25, 0.3) is 22.5 Å². The van der Waals surface area contributed by atoms with Crippen molar-refractivity contribution in [2.24, 2.45) is 0 Å². The summed E-state index contributed by atoms with van der Waals surface area (Å²) in [4.78, 5) is 13.8. The van der Waals surface area contributed by atoms with Crippen LogP contribution in [0, 0.1) is 25.5 Å². The zero-order chi connectivity index (χ0) is 41.2. The lowest BCUT2D eigenvalue weighted by atomic mass is 10.1. The number of anilines is 2. The number of aryl methyl sites for hydroxylation is 2. The second-order valence-electron chi connectivity index (χ2n) is 13.8. The first-order chi connectivity index (χ1) is 27.6. The number of nitrogens with zero attached hydrogens (tertiary/aromatic N) is 6. The summed E-state index contributed by atoms with van der Waals surface area (Å²) in [6.07, 6.45) is 0. The van der Waals surface area contributed by atoms with Gasteiger partial charge in [-0.3, -0.25) is 0 Å². The number of aromatic nitrogens is 2. The van der Waals surface area contributed by atoms with Crippen molar-refractivity contribution in [2.45, 2.75) is 23.6 Å². The fourth-order valence-electron chi connectivity index (χ4n) is 6.66. The molecule has 8 rings (SSSR count). The lowest BCUT2D eigenvalue weighted by molar-refractivity contribution is 0.384. The van der Waals surface area contributed by atoms with Crippen molar-refractivity contribution < 1.29 is 25.6 Å². The molecule has 2 aliphatic rings. The van der Waals surface area contributed by atoms with Gasteiger partial charge in [-0.05, 0) is 92.7 Å². The number of sulfonamides is 2. The van der Waals surface area contributed by atoms with E-state index in [2.05, 4.69) is 46.8 Å². The summed E-state index contributed by atoms with van der Waals surface area (Å²) in [6, 6.07) is 21.5. The number of hydrogen-bond acceptors (Lipinski definition) is 10. The van der Waals surface area contributed by atoms with E-state index in [1.165, 1.54) is 67.5 Å². The Hall–Kier alpha value is -4.00. The maximum absolute atomic E-state index is 13.1. The van der Waals surface area contributed by atoms with E-state index < -0.39 is 31.7 Å². The van der Waals surface area contributed by atoms with Crippen LogP contribution in [0.2, 0.25) is 10.0 Å². The summed E-state index contributed by atoms with van der Waals surface area (Å²) < 4.78 is 80.1. The Balaban J connectivity index is 0.000000177. The highest BCUT2D eigenvalue weighted by atomic mass is 35.5. The molecule has 58 heavy (non-hydrogen) atoms. The molecule has 18 heteroatoms. The molecule has 0 saturated carbocycles. The molecule has 2 aliphatic heterocycles. The Morgan fingerprint density at radius 2 is 0.897 bits per heavy atom. The van der Waals surface area contributed by atoms with Gasteiger partial charge in [0, 0.05) is 84.3 Å². The molecule has 0 spiro atoms. The fraction of sp³-hybridized carbons (Fsp3) is 0.250. The van der Waals surface area contributed by atoms with E-state index in [1.807, 2.05) is 10.8 Å². The van der Waals surface area contributed by atoms with E-state index in [-0.39, 0.29) is 9.79 Å². The van der Waals surface area contributed by atoms with Gasteiger partial charge in [-0.25, -0.2) is 35.6 Å². The predicted octanol–water partition coefficient (Wildman–Crippen LogP) is 8.84. The molecule has 0 amide bonds. The van der Waals surface area contributed by atoms with Crippen molar-refractivity contribution in [3.05, 3.63) is 128 Å². The maximum Gasteiger partial charge on any atom is 0.243 e. The van der Waals surface area contributed by atoms with Crippen molar-refractivity contribution in [2.75, 3.05) is 62.2 Å². The van der Waals surface area contributed by atoms with E-state index in [0.717, 1.165) is 44.9 Å². The molecule has 4 heterocycles. The molecule has 2 fully saturated rings. The zero-order valence-corrected chi connectivity index (χ0v) is 36.1. The van der Waals surface area contributed by atoms with Gasteiger partial charge in [0.2, 0.25) is 20.0 Å². The summed E-state index contributed by atoms with van der Waals surface area (Å²) in [5, 5.41) is 6.78. The highest BCUT2D eigenvalue weighted by Crippen LogP contribution is 2.33. The van der Waals surface area contributed by atoms with E-state index in [1.54, 1.807) is 29.5 Å².